The predicted molar refractivity (Wildman–Crippen MR) is 93.2 cm³/mol. The van der Waals surface area contributed by atoms with E-state index >= 15 is 0 Å². The van der Waals surface area contributed by atoms with Gasteiger partial charge in [0.15, 0.2) is 0 Å². The third-order valence-corrected chi connectivity index (χ3v) is 3.96. The molecule has 2 aromatic rings. The molecular weight excluding hydrogens is 419 g/mol. The molecule has 0 spiro atoms. The first kappa shape index (κ1) is 16.7. The summed E-state index contributed by atoms with van der Waals surface area (Å²) in [5.41, 5.74) is 0.983. The molecule has 1 heterocycles. The quantitative estimate of drug-likeness (QED) is 0.605. The normalized spacial score (nSPS) is 10.7. The Balaban J connectivity index is 2.22. The standard InChI is InChI=1S/C15H15Br2ClN2O/c1-2-5-19-8-10-6-12(17)9-20-15(10)21-14-4-3-11(16)7-13(14)18/h3-4,6-7,9,19H,2,5,8H2,1H3. The van der Waals surface area contributed by atoms with Crippen molar-refractivity contribution in [3.05, 3.63) is 50.0 Å². The SMILES string of the molecule is CCCNCc1cc(Br)cnc1Oc1ccc(Br)cc1Cl. The second-order valence-corrected chi connectivity index (χ2v) is 6.71. The van der Waals surface area contributed by atoms with E-state index in [1.54, 1.807) is 12.3 Å². The highest BCUT2D eigenvalue weighted by atomic mass is 79.9. The minimum atomic E-state index is 0.543. The Morgan fingerprint density at radius 2 is 2.05 bits per heavy atom. The summed E-state index contributed by atoms with van der Waals surface area (Å²) >= 11 is 13.0. The highest BCUT2D eigenvalue weighted by Crippen LogP contribution is 2.32. The topological polar surface area (TPSA) is 34.2 Å². The fraction of sp³-hybridized carbons (Fsp3) is 0.267. The number of nitrogens with one attached hydrogen (secondary N) is 1. The van der Waals surface area contributed by atoms with Gasteiger partial charge in [-0.3, -0.25) is 0 Å². The maximum Gasteiger partial charge on any atom is 0.223 e. The Labute approximate surface area is 146 Å². The molecule has 0 unspecified atom stereocenters. The van der Waals surface area contributed by atoms with Crippen molar-refractivity contribution in [2.24, 2.45) is 0 Å². The van der Waals surface area contributed by atoms with E-state index in [1.807, 2.05) is 18.2 Å². The molecule has 112 valence electrons. The van der Waals surface area contributed by atoms with Gasteiger partial charge in [-0.1, -0.05) is 34.5 Å². The number of ether oxygens (including phenoxy) is 1. The van der Waals surface area contributed by atoms with Crippen molar-refractivity contribution in [2.45, 2.75) is 19.9 Å². The number of nitrogens with zero attached hydrogens (tertiary/aromatic N) is 1. The Morgan fingerprint density at radius 1 is 1.24 bits per heavy atom. The first-order valence-corrected chi connectivity index (χ1v) is 8.54. The van der Waals surface area contributed by atoms with Crippen LogP contribution in [0.1, 0.15) is 18.9 Å². The summed E-state index contributed by atoms with van der Waals surface area (Å²) in [5, 5.41) is 3.89. The number of benzene rings is 1. The summed E-state index contributed by atoms with van der Waals surface area (Å²) in [6.45, 7) is 3.78. The smallest absolute Gasteiger partial charge is 0.223 e. The lowest BCUT2D eigenvalue weighted by atomic mass is 10.2. The minimum Gasteiger partial charge on any atom is -0.437 e. The van der Waals surface area contributed by atoms with E-state index in [4.69, 9.17) is 16.3 Å². The Hall–Kier alpha value is -0.620. The monoisotopic (exact) mass is 432 g/mol. The third-order valence-electron chi connectivity index (χ3n) is 2.73. The van der Waals surface area contributed by atoms with Crippen LogP contribution in [0.2, 0.25) is 5.02 Å². The zero-order chi connectivity index (χ0) is 15.2. The maximum atomic E-state index is 6.18. The first-order valence-electron chi connectivity index (χ1n) is 6.58. The van der Waals surface area contributed by atoms with Gasteiger partial charge in [-0.25, -0.2) is 4.98 Å². The van der Waals surface area contributed by atoms with Crippen LogP contribution in [0.4, 0.5) is 0 Å². The number of pyridine rings is 1. The van der Waals surface area contributed by atoms with E-state index in [0.717, 1.165) is 27.5 Å². The maximum absolute atomic E-state index is 6.18. The van der Waals surface area contributed by atoms with Crippen molar-refractivity contribution in [1.29, 1.82) is 0 Å². The van der Waals surface area contributed by atoms with Crippen LogP contribution in [-0.2, 0) is 6.54 Å². The molecule has 0 aliphatic carbocycles. The molecule has 0 bridgehead atoms. The Morgan fingerprint density at radius 3 is 2.76 bits per heavy atom. The van der Waals surface area contributed by atoms with Crippen LogP contribution in [-0.4, -0.2) is 11.5 Å². The molecular formula is C15H15Br2ClN2O. The number of aromatic nitrogens is 1. The van der Waals surface area contributed by atoms with Gasteiger partial charge in [0.2, 0.25) is 5.88 Å². The van der Waals surface area contributed by atoms with Crippen LogP contribution >= 0.6 is 43.5 Å². The van der Waals surface area contributed by atoms with Gasteiger partial charge in [-0.15, -0.1) is 0 Å². The molecule has 0 atom stereocenters. The molecule has 2 rings (SSSR count). The first-order chi connectivity index (χ1) is 10.1. The molecule has 21 heavy (non-hydrogen) atoms. The summed E-state index contributed by atoms with van der Waals surface area (Å²) in [6.07, 6.45) is 2.79. The van der Waals surface area contributed by atoms with E-state index in [1.165, 1.54) is 0 Å². The van der Waals surface area contributed by atoms with Gasteiger partial charge < -0.3 is 10.1 Å². The van der Waals surface area contributed by atoms with Crippen LogP contribution in [0.5, 0.6) is 11.6 Å². The molecule has 1 N–H and O–H groups in total. The molecule has 0 saturated carbocycles. The molecule has 0 fully saturated rings. The number of halogens is 3. The molecule has 0 aliphatic rings. The molecule has 6 heteroatoms. The zero-order valence-corrected chi connectivity index (χ0v) is 15.4. The van der Waals surface area contributed by atoms with E-state index < -0.39 is 0 Å². The largest absolute Gasteiger partial charge is 0.437 e. The van der Waals surface area contributed by atoms with E-state index in [0.29, 0.717) is 23.2 Å². The van der Waals surface area contributed by atoms with E-state index in [-0.39, 0.29) is 0 Å². The van der Waals surface area contributed by atoms with Crippen molar-refractivity contribution >= 4 is 43.5 Å². The highest BCUT2D eigenvalue weighted by molar-refractivity contribution is 9.10. The molecule has 1 aromatic carbocycles. The minimum absolute atomic E-state index is 0.543. The Kier molecular flexibility index (Phi) is 6.48. The molecule has 0 aliphatic heterocycles. The van der Waals surface area contributed by atoms with Gasteiger partial charge in [0.25, 0.3) is 0 Å². The number of hydrogen-bond acceptors (Lipinski definition) is 3. The number of hydrogen-bond donors (Lipinski definition) is 1. The van der Waals surface area contributed by atoms with Gasteiger partial charge >= 0.3 is 0 Å². The van der Waals surface area contributed by atoms with Crippen molar-refractivity contribution in [3.63, 3.8) is 0 Å². The van der Waals surface area contributed by atoms with Crippen molar-refractivity contribution in [3.8, 4) is 11.6 Å². The lowest BCUT2D eigenvalue weighted by molar-refractivity contribution is 0.452. The molecule has 0 amide bonds. The third kappa shape index (κ3) is 4.95. The number of rotatable bonds is 6. The molecule has 3 nitrogen and oxygen atoms in total. The van der Waals surface area contributed by atoms with Gasteiger partial charge in [0, 0.05) is 27.3 Å². The molecule has 0 saturated heterocycles. The molecule has 1 aromatic heterocycles. The van der Waals surface area contributed by atoms with Crippen molar-refractivity contribution in [1.82, 2.24) is 10.3 Å². The van der Waals surface area contributed by atoms with Gasteiger partial charge in [-0.05, 0) is 53.2 Å². The lowest BCUT2D eigenvalue weighted by Gasteiger charge is -2.12. The van der Waals surface area contributed by atoms with E-state index in [9.17, 15) is 0 Å². The highest BCUT2D eigenvalue weighted by Gasteiger charge is 2.10. The van der Waals surface area contributed by atoms with E-state index in [2.05, 4.69) is 49.1 Å². The second kappa shape index (κ2) is 8.13. The van der Waals surface area contributed by atoms with Crippen LogP contribution < -0.4 is 10.1 Å². The lowest BCUT2D eigenvalue weighted by Crippen LogP contribution is -2.14. The predicted octanol–water partition coefficient (Wildman–Crippen LogP) is 5.55. The fourth-order valence-corrected chi connectivity index (χ4v) is 2.84. The summed E-state index contributed by atoms with van der Waals surface area (Å²) in [6, 6.07) is 7.50. The van der Waals surface area contributed by atoms with Crippen LogP contribution in [0.15, 0.2) is 39.4 Å². The van der Waals surface area contributed by atoms with Crippen LogP contribution in [0.25, 0.3) is 0 Å². The summed E-state index contributed by atoms with van der Waals surface area (Å²) in [7, 11) is 0. The Bertz CT molecular complexity index is 623. The van der Waals surface area contributed by atoms with Crippen molar-refractivity contribution in [2.75, 3.05) is 6.54 Å². The second-order valence-electron chi connectivity index (χ2n) is 4.47. The summed E-state index contributed by atoms with van der Waals surface area (Å²) in [4.78, 5) is 4.34. The van der Waals surface area contributed by atoms with Crippen molar-refractivity contribution < 1.29 is 4.74 Å². The fourth-order valence-electron chi connectivity index (χ4n) is 1.75. The van der Waals surface area contributed by atoms with Gasteiger partial charge in [0.05, 0.1) is 5.02 Å². The van der Waals surface area contributed by atoms with Crippen LogP contribution in [0, 0.1) is 0 Å². The van der Waals surface area contributed by atoms with Gasteiger partial charge in [0.1, 0.15) is 5.75 Å². The average molecular weight is 435 g/mol. The summed E-state index contributed by atoms with van der Waals surface area (Å²) < 4.78 is 7.69. The zero-order valence-electron chi connectivity index (χ0n) is 11.5. The average Bonchev–Trinajstić information content (AvgIpc) is 2.44. The molecule has 0 radical (unpaired) electrons. The summed E-state index contributed by atoms with van der Waals surface area (Å²) in [5.74, 6) is 1.15. The van der Waals surface area contributed by atoms with Crippen LogP contribution in [0.3, 0.4) is 0 Å². The van der Waals surface area contributed by atoms with Gasteiger partial charge in [-0.2, -0.15) is 0 Å².